The van der Waals surface area contributed by atoms with E-state index in [-0.39, 0.29) is 17.9 Å². The molecule has 0 saturated carbocycles. The summed E-state index contributed by atoms with van der Waals surface area (Å²) in [6.45, 7) is 11.2. The predicted octanol–water partition coefficient (Wildman–Crippen LogP) is 12.5. The van der Waals surface area contributed by atoms with Crippen LogP contribution in [-0.2, 0) is 47.9 Å². The van der Waals surface area contributed by atoms with Gasteiger partial charge < -0.3 is 14.2 Å². The third kappa shape index (κ3) is 12.3. The molecule has 4 aromatic heterocycles. The Kier molecular flexibility index (Phi) is 17.5. The van der Waals surface area contributed by atoms with Crippen molar-refractivity contribution in [3.63, 3.8) is 0 Å². The average Bonchev–Trinajstić information content (AvgIpc) is 3.98. The smallest absolute Gasteiger partial charge is 0.305 e. The lowest BCUT2D eigenvalue weighted by Gasteiger charge is -2.07. The molecule has 4 heterocycles. The Morgan fingerprint density at radius 1 is 0.536 bits per heavy atom. The van der Waals surface area contributed by atoms with Crippen LogP contribution in [0.1, 0.15) is 124 Å². The number of rotatable bonds is 24. The van der Waals surface area contributed by atoms with Gasteiger partial charge in [0, 0.05) is 59.7 Å². The summed E-state index contributed by atoms with van der Waals surface area (Å²) in [7, 11) is 0. The van der Waals surface area contributed by atoms with Crippen LogP contribution in [0.5, 0.6) is 0 Å². The van der Waals surface area contributed by atoms with E-state index in [0.717, 1.165) is 99.2 Å². The van der Waals surface area contributed by atoms with Gasteiger partial charge in [-0.2, -0.15) is 8.75 Å². The first-order chi connectivity index (χ1) is 27.2. The second kappa shape index (κ2) is 22.5. The van der Waals surface area contributed by atoms with E-state index in [1.165, 1.54) is 57.7 Å². The Morgan fingerprint density at radius 3 is 1.46 bits per heavy atom. The van der Waals surface area contributed by atoms with Gasteiger partial charge in [0.25, 0.3) is 0 Å². The molecule has 8 nitrogen and oxygen atoms in total. The molecular formula is C44H56N2O6S4. The quantitative estimate of drug-likeness (QED) is 0.0344. The summed E-state index contributed by atoms with van der Waals surface area (Å²) in [5, 5.41) is 0. The van der Waals surface area contributed by atoms with Gasteiger partial charge in [-0.3, -0.25) is 14.4 Å². The fraction of sp³-hybridized carbons (Fsp3) is 0.523. The molecule has 5 rings (SSSR count). The van der Waals surface area contributed by atoms with E-state index in [4.69, 9.17) is 23.0 Å². The summed E-state index contributed by atoms with van der Waals surface area (Å²) >= 11 is 6.80. The SMILES string of the molecule is CCOC(=O)CCCCCc1cc(-c2ccc(-c3cc(CCCCCC(=O)OCC)c(-c4sc(C)cc4CCCCCC(=O)OCC)s3)c3nsnc23)sc1C. The van der Waals surface area contributed by atoms with Crippen molar-refractivity contribution in [1.82, 2.24) is 8.75 Å². The first kappa shape index (κ1) is 43.7. The maximum atomic E-state index is 12.0. The zero-order valence-corrected chi connectivity index (χ0v) is 36.9. The molecule has 0 atom stereocenters. The van der Waals surface area contributed by atoms with Gasteiger partial charge in [0.15, 0.2) is 0 Å². The number of thiophene rings is 3. The van der Waals surface area contributed by atoms with E-state index in [9.17, 15) is 14.4 Å². The molecule has 0 fully saturated rings. The van der Waals surface area contributed by atoms with Crippen molar-refractivity contribution in [2.75, 3.05) is 19.8 Å². The van der Waals surface area contributed by atoms with Gasteiger partial charge in [-0.15, -0.1) is 34.0 Å². The highest BCUT2D eigenvalue weighted by Crippen LogP contribution is 2.46. The molecule has 0 amide bonds. The van der Waals surface area contributed by atoms with Gasteiger partial charge >= 0.3 is 17.9 Å². The molecule has 0 unspecified atom stereocenters. The maximum absolute atomic E-state index is 12.0. The molecule has 0 spiro atoms. The van der Waals surface area contributed by atoms with Crippen molar-refractivity contribution in [2.45, 2.75) is 131 Å². The molecule has 1 aromatic carbocycles. The number of carbonyl (C=O) groups is 3. The number of nitrogens with zero attached hydrogens (tertiary/aromatic N) is 2. The number of aromatic nitrogens is 2. The Morgan fingerprint density at radius 2 is 0.964 bits per heavy atom. The van der Waals surface area contributed by atoms with Crippen molar-refractivity contribution in [1.29, 1.82) is 0 Å². The summed E-state index contributed by atoms with van der Waals surface area (Å²) in [6.07, 6.45) is 12.9. The zero-order chi connectivity index (χ0) is 39.9. The second-order valence-electron chi connectivity index (χ2n) is 14.1. The lowest BCUT2D eigenvalue weighted by molar-refractivity contribution is -0.144. The Balaban J connectivity index is 1.36. The summed E-state index contributed by atoms with van der Waals surface area (Å²) in [5.74, 6) is -0.333. The summed E-state index contributed by atoms with van der Waals surface area (Å²) < 4.78 is 25.1. The highest BCUT2D eigenvalue weighted by atomic mass is 32.1. The number of aryl methyl sites for hydroxylation is 5. The van der Waals surface area contributed by atoms with E-state index in [2.05, 4.69) is 44.2 Å². The summed E-state index contributed by atoms with van der Waals surface area (Å²) in [5.41, 5.74) is 8.19. The van der Waals surface area contributed by atoms with Crippen molar-refractivity contribution < 1.29 is 28.6 Å². The molecule has 0 aliphatic carbocycles. The highest BCUT2D eigenvalue weighted by molar-refractivity contribution is 7.24. The number of hydrogen-bond acceptors (Lipinski definition) is 12. The zero-order valence-electron chi connectivity index (χ0n) is 33.6. The molecule has 0 radical (unpaired) electrons. The van der Waals surface area contributed by atoms with Gasteiger partial charge in [0.2, 0.25) is 0 Å². The van der Waals surface area contributed by atoms with Crippen LogP contribution in [0.3, 0.4) is 0 Å². The number of unbranched alkanes of at least 4 members (excludes halogenated alkanes) is 6. The molecule has 302 valence electrons. The van der Waals surface area contributed by atoms with Crippen LogP contribution in [0, 0.1) is 13.8 Å². The van der Waals surface area contributed by atoms with E-state index >= 15 is 0 Å². The predicted molar refractivity (Wildman–Crippen MR) is 233 cm³/mol. The number of carbonyl (C=O) groups excluding carboxylic acids is 3. The minimum absolute atomic E-state index is 0.106. The number of ether oxygens (including phenoxy) is 3. The van der Waals surface area contributed by atoms with E-state index in [0.29, 0.717) is 39.1 Å². The van der Waals surface area contributed by atoms with Gasteiger partial charge in [0.05, 0.1) is 31.5 Å². The van der Waals surface area contributed by atoms with Crippen LogP contribution in [-0.4, -0.2) is 46.5 Å². The summed E-state index contributed by atoms with van der Waals surface area (Å²) in [4.78, 5) is 43.2. The Labute approximate surface area is 348 Å². The van der Waals surface area contributed by atoms with E-state index in [1.807, 2.05) is 54.8 Å². The number of benzene rings is 1. The molecule has 5 aromatic rings. The second-order valence-corrected chi connectivity index (χ2v) is 18.2. The number of esters is 3. The third-order valence-electron chi connectivity index (χ3n) is 9.81. The molecule has 0 N–H and O–H groups in total. The number of hydrogen-bond donors (Lipinski definition) is 0. The van der Waals surface area contributed by atoms with E-state index in [1.54, 1.807) is 0 Å². The van der Waals surface area contributed by atoms with Gasteiger partial charge in [-0.05, 0) is 127 Å². The van der Waals surface area contributed by atoms with Gasteiger partial charge in [-0.25, -0.2) is 0 Å². The third-order valence-corrected chi connectivity index (χ3v) is 13.9. The minimum Gasteiger partial charge on any atom is -0.466 e. The van der Waals surface area contributed by atoms with Gasteiger partial charge in [-0.1, -0.05) is 31.4 Å². The monoisotopic (exact) mass is 836 g/mol. The van der Waals surface area contributed by atoms with Crippen LogP contribution in [0.4, 0.5) is 0 Å². The van der Waals surface area contributed by atoms with Crippen LogP contribution in [0.2, 0.25) is 0 Å². The molecule has 0 saturated heterocycles. The van der Waals surface area contributed by atoms with Crippen molar-refractivity contribution in [2.24, 2.45) is 0 Å². The van der Waals surface area contributed by atoms with Crippen molar-refractivity contribution >= 4 is 74.7 Å². The molecular weight excluding hydrogens is 781 g/mol. The molecule has 0 bridgehead atoms. The Bertz CT molecular complexity index is 2040. The minimum atomic E-state index is -0.118. The standard InChI is InChI=1S/C44H56N2O6S4/c1-6-50-38(47)21-15-9-12-18-31-27-36(54-30(31)5)34-24-25-35(42-41(34)45-56-46-42)37-28-33(20-14-11-17-23-40(49)52-8-3)44(55-37)43-32(26-29(4)53-43)19-13-10-16-22-39(48)51-7-2/h24-28H,6-23H2,1-5H3. The number of fused-ring (bicyclic) bond motifs is 1. The average molecular weight is 837 g/mol. The normalized spacial score (nSPS) is 11.4. The van der Waals surface area contributed by atoms with E-state index < -0.39 is 0 Å². The van der Waals surface area contributed by atoms with Crippen molar-refractivity contribution in [3.8, 4) is 30.6 Å². The van der Waals surface area contributed by atoms with Crippen LogP contribution in [0.25, 0.3) is 41.7 Å². The first-order valence-electron chi connectivity index (χ1n) is 20.3. The molecule has 0 aliphatic rings. The fourth-order valence-corrected chi connectivity index (χ4v) is 11.2. The first-order valence-corrected chi connectivity index (χ1v) is 23.4. The lowest BCUT2D eigenvalue weighted by atomic mass is 10.0. The van der Waals surface area contributed by atoms with Crippen LogP contribution in [0.15, 0.2) is 30.3 Å². The van der Waals surface area contributed by atoms with Crippen LogP contribution >= 0.6 is 45.7 Å². The highest BCUT2D eigenvalue weighted by Gasteiger charge is 2.22. The lowest BCUT2D eigenvalue weighted by Crippen LogP contribution is -2.03. The van der Waals surface area contributed by atoms with Crippen molar-refractivity contribution in [3.05, 3.63) is 56.8 Å². The molecule has 56 heavy (non-hydrogen) atoms. The molecule has 0 aliphatic heterocycles. The van der Waals surface area contributed by atoms with Gasteiger partial charge in [0.1, 0.15) is 11.0 Å². The fourth-order valence-electron chi connectivity index (χ4n) is 7.03. The Hall–Kier alpha value is -3.45. The maximum Gasteiger partial charge on any atom is 0.305 e. The topological polar surface area (TPSA) is 105 Å². The van der Waals surface area contributed by atoms with Crippen LogP contribution < -0.4 is 0 Å². The molecule has 12 heteroatoms. The summed E-state index contributed by atoms with van der Waals surface area (Å²) in [6, 6.07) is 11.5. The largest absolute Gasteiger partial charge is 0.466 e.